The number of nitrogens with two attached hydrogens (primary N) is 1. The second-order valence-corrected chi connectivity index (χ2v) is 9.76. The van der Waals surface area contributed by atoms with E-state index in [0.717, 1.165) is 28.3 Å². The summed E-state index contributed by atoms with van der Waals surface area (Å²) in [6, 6.07) is 16.0. The Morgan fingerprint density at radius 2 is 2.03 bits per heavy atom. The topological polar surface area (TPSA) is 106 Å². The van der Waals surface area contributed by atoms with E-state index in [9.17, 15) is 0 Å². The monoisotopic (exact) mass is 485 g/mol. The summed E-state index contributed by atoms with van der Waals surface area (Å²) in [7, 11) is 0. The van der Waals surface area contributed by atoms with E-state index in [2.05, 4.69) is 57.5 Å². The number of anilines is 2. The molecule has 0 aliphatic heterocycles. The van der Waals surface area contributed by atoms with Crippen LogP contribution in [0.3, 0.4) is 0 Å². The molecule has 1 aliphatic rings. The third-order valence-electron chi connectivity index (χ3n) is 5.96. The van der Waals surface area contributed by atoms with Crippen molar-refractivity contribution in [3.8, 4) is 23.0 Å². The van der Waals surface area contributed by atoms with Gasteiger partial charge in [-0.25, -0.2) is 15.2 Å². The number of hydrazine groups is 1. The summed E-state index contributed by atoms with van der Waals surface area (Å²) in [4.78, 5) is 13.6. The number of rotatable bonds is 9. The molecule has 5 rings (SSSR count). The summed E-state index contributed by atoms with van der Waals surface area (Å²) in [5.74, 6) is 7.23. The van der Waals surface area contributed by atoms with Gasteiger partial charge in [0.2, 0.25) is 5.82 Å². The molecule has 4 aromatic rings. The Labute approximate surface area is 208 Å². The second kappa shape index (κ2) is 9.89. The van der Waals surface area contributed by atoms with Gasteiger partial charge < -0.3 is 9.84 Å². The molecule has 0 atom stereocenters. The van der Waals surface area contributed by atoms with Gasteiger partial charge in [-0.2, -0.15) is 4.98 Å². The van der Waals surface area contributed by atoms with Crippen LogP contribution in [-0.4, -0.2) is 20.1 Å². The van der Waals surface area contributed by atoms with Crippen molar-refractivity contribution in [2.45, 2.75) is 38.0 Å². The third kappa shape index (κ3) is 5.36. The SMILES string of the molecule is CC/C=C(/Nc1cccc(N(N)Sc2ccc(-c3noc(-c4cnccn4)n3)cc2)c1)C1(C)CC1. The zero-order chi connectivity index (χ0) is 24.3. The quantitative estimate of drug-likeness (QED) is 0.165. The van der Waals surface area contributed by atoms with E-state index in [-0.39, 0.29) is 5.41 Å². The second-order valence-electron chi connectivity index (χ2n) is 8.72. The third-order valence-corrected chi connectivity index (χ3v) is 6.85. The Kier molecular flexibility index (Phi) is 6.52. The molecule has 178 valence electrons. The average Bonchev–Trinajstić information content (AvgIpc) is 3.45. The predicted molar refractivity (Wildman–Crippen MR) is 139 cm³/mol. The van der Waals surface area contributed by atoms with Crippen LogP contribution in [0.1, 0.15) is 33.1 Å². The van der Waals surface area contributed by atoms with Crippen molar-refractivity contribution < 1.29 is 4.52 Å². The molecule has 0 radical (unpaired) electrons. The molecule has 2 aromatic heterocycles. The first kappa shape index (κ1) is 23.1. The first-order valence-corrected chi connectivity index (χ1v) is 12.3. The van der Waals surface area contributed by atoms with Gasteiger partial charge in [-0.3, -0.25) is 4.98 Å². The summed E-state index contributed by atoms with van der Waals surface area (Å²) in [6.07, 6.45) is 10.5. The molecule has 8 nitrogen and oxygen atoms in total. The van der Waals surface area contributed by atoms with Gasteiger partial charge in [0, 0.05) is 51.6 Å². The molecule has 1 saturated carbocycles. The largest absolute Gasteiger partial charge is 0.359 e. The van der Waals surface area contributed by atoms with E-state index in [4.69, 9.17) is 10.4 Å². The van der Waals surface area contributed by atoms with Crippen molar-refractivity contribution in [1.82, 2.24) is 20.1 Å². The highest BCUT2D eigenvalue weighted by molar-refractivity contribution is 8.00. The van der Waals surface area contributed by atoms with E-state index >= 15 is 0 Å². The molecule has 2 heterocycles. The van der Waals surface area contributed by atoms with E-state index in [0.29, 0.717) is 17.4 Å². The number of nitrogens with zero attached hydrogens (tertiary/aromatic N) is 5. The predicted octanol–water partition coefficient (Wildman–Crippen LogP) is 6.09. The molecule has 0 spiro atoms. The van der Waals surface area contributed by atoms with E-state index in [1.54, 1.807) is 23.0 Å². The van der Waals surface area contributed by atoms with Crippen molar-refractivity contribution in [2.24, 2.45) is 11.3 Å². The molecule has 2 aromatic carbocycles. The number of benzene rings is 2. The fourth-order valence-electron chi connectivity index (χ4n) is 3.67. The van der Waals surface area contributed by atoms with Gasteiger partial charge in [0.25, 0.3) is 5.89 Å². The van der Waals surface area contributed by atoms with Crippen LogP contribution in [0.15, 0.2) is 88.3 Å². The zero-order valence-corrected chi connectivity index (χ0v) is 20.5. The molecule has 0 bridgehead atoms. The molecule has 0 amide bonds. The van der Waals surface area contributed by atoms with Crippen LogP contribution in [0.5, 0.6) is 0 Å². The van der Waals surface area contributed by atoms with Gasteiger partial charge >= 0.3 is 0 Å². The lowest BCUT2D eigenvalue weighted by molar-refractivity contribution is 0.431. The minimum atomic E-state index is 0.277. The average molecular weight is 486 g/mol. The maximum atomic E-state index is 6.40. The molecule has 0 unspecified atom stereocenters. The van der Waals surface area contributed by atoms with Crippen LogP contribution in [0.2, 0.25) is 0 Å². The minimum absolute atomic E-state index is 0.277. The number of aromatic nitrogens is 4. The lowest BCUT2D eigenvalue weighted by Crippen LogP contribution is -2.22. The maximum Gasteiger partial charge on any atom is 0.278 e. The summed E-state index contributed by atoms with van der Waals surface area (Å²) in [5, 5.41) is 7.68. The van der Waals surface area contributed by atoms with Gasteiger partial charge in [-0.1, -0.05) is 31.1 Å². The van der Waals surface area contributed by atoms with Gasteiger partial charge in [0.15, 0.2) is 0 Å². The number of nitrogens with one attached hydrogen (secondary N) is 1. The Bertz CT molecular complexity index is 1320. The van der Waals surface area contributed by atoms with E-state index in [1.165, 1.54) is 30.5 Å². The highest BCUT2D eigenvalue weighted by Gasteiger charge is 2.41. The fraction of sp³-hybridized carbons (Fsp3) is 0.231. The summed E-state index contributed by atoms with van der Waals surface area (Å²) in [5.41, 5.74) is 4.90. The summed E-state index contributed by atoms with van der Waals surface area (Å²) >= 11 is 1.44. The van der Waals surface area contributed by atoms with Crippen molar-refractivity contribution in [2.75, 3.05) is 9.73 Å². The molecule has 3 N–H and O–H groups in total. The first-order chi connectivity index (χ1) is 17.0. The van der Waals surface area contributed by atoms with Crippen LogP contribution in [0.4, 0.5) is 11.4 Å². The highest BCUT2D eigenvalue weighted by atomic mass is 32.2. The lowest BCUT2D eigenvalue weighted by atomic mass is 10.0. The van der Waals surface area contributed by atoms with E-state index in [1.807, 2.05) is 36.4 Å². The number of allylic oxidation sites excluding steroid dienone is 2. The molecule has 35 heavy (non-hydrogen) atoms. The van der Waals surface area contributed by atoms with Crippen LogP contribution in [0, 0.1) is 5.41 Å². The standard InChI is InChI=1S/C26H27N7OS/c1-3-5-23(26(2)12-13-26)30-19-6-4-7-20(16-19)33(27)35-21-10-8-18(9-11-21)24-31-25(34-32-24)22-17-28-14-15-29-22/h4-11,14-17,30H,3,12-13,27H2,1-2H3/b23-5+. The van der Waals surface area contributed by atoms with Crippen molar-refractivity contribution in [1.29, 1.82) is 0 Å². The fourth-order valence-corrected chi connectivity index (χ4v) is 4.37. The lowest BCUT2D eigenvalue weighted by Gasteiger charge is -2.20. The number of hydrogen-bond acceptors (Lipinski definition) is 9. The van der Waals surface area contributed by atoms with Gasteiger partial charge in [-0.15, -0.1) is 0 Å². The first-order valence-electron chi connectivity index (χ1n) is 11.6. The van der Waals surface area contributed by atoms with Crippen LogP contribution < -0.4 is 15.6 Å². The van der Waals surface area contributed by atoms with Crippen LogP contribution in [-0.2, 0) is 0 Å². The molecule has 1 aliphatic carbocycles. The Morgan fingerprint density at radius 1 is 1.20 bits per heavy atom. The smallest absolute Gasteiger partial charge is 0.278 e. The molecule has 1 fully saturated rings. The maximum absolute atomic E-state index is 6.40. The van der Waals surface area contributed by atoms with E-state index < -0.39 is 0 Å². The Balaban J connectivity index is 1.25. The number of hydrogen-bond donors (Lipinski definition) is 2. The minimum Gasteiger partial charge on any atom is -0.359 e. The molecule has 9 heteroatoms. The van der Waals surface area contributed by atoms with Crippen LogP contribution in [0.25, 0.3) is 23.0 Å². The van der Waals surface area contributed by atoms with Crippen molar-refractivity contribution >= 4 is 23.3 Å². The zero-order valence-electron chi connectivity index (χ0n) is 19.7. The van der Waals surface area contributed by atoms with Crippen molar-refractivity contribution in [3.63, 3.8) is 0 Å². The Morgan fingerprint density at radius 3 is 2.74 bits per heavy atom. The normalized spacial score (nSPS) is 14.5. The summed E-state index contributed by atoms with van der Waals surface area (Å²) in [6.45, 7) is 4.48. The van der Waals surface area contributed by atoms with Gasteiger partial charge in [-0.05, 0) is 61.7 Å². The Hall–Kier alpha value is -3.69. The molecular weight excluding hydrogens is 458 g/mol. The van der Waals surface area contributed by atoms with Gasteiger partial charge in [0.1, 0.15) is 5.69 Å². The molecule has 0 saturated heterocycles. The highest BCUT2D eigenvalue weighted by Crippen LogP contribution is 2.51. The van der Waals surface area contributed by atoms with Gasteiger partial charge in [0.05, 0.1) is 11.9 Å². The summed E-state index contributed by atoms with van der Waals surface area (Å²) < 4.78 is 7.00. The molecular formula is C26H27N7OS. The van der Waals surface area contributed by atoms with Crippen molar-refractivity contribution in [3.05, 3.63) is 78.9 Å². The van der Waals surface area contributed by atoms with Crippen LogP contribution >= 0.6 is 11.9 Å².